The van der Waals surface area contributed by atoms with Crippen molar-refractivity contribution in [2.45, 2.75) is 53.5 Å². The van der Waals surface area contributed by atoms with Crippen molar-refractivity contribution in [1.82, 2.24) is 35.8 Å². The van der Waals surface area contributed by atoms with Gasteiger partial charge in [0.1, 0.15) is 0 Å². The molecule has 0 aliphatic carbocycles. The van der Waals surface area contributed by atoms with Gasteiger partial charge in [0.2, 0.25) is 0 Å². The number of ketones is 1. The maximum absolute atomic E-state index is 13.5. The highest BCUT2D eigenvalue weighted by Crippen LogP contribution is 2.20. The van der Waals surface area contributed by atoms with E-state index in [1.165, 1.54) is 18.0 Å². The number of imidazole rings is 1. The van der Waals surface area contributed by atoms with Gasteiger partial charge in [0, 0.05) is 48.2 Å². The number of hydrogen-bond acceptors (Lipinski definition) is 10. The topological polar surface area (TPSA) is 204 Å². The number of nitrogens with zero attached hydrogens (tertiary/aromatic N) is 3. The Bertz CT molecular complexity index is 2000. The minimum absolute atomic E-state index is 0.246. The molecule has 7 N–H and O–H groups in total. The van der Waals surface area contributed by atoms with Gasteiger partial charge in [0.05, 0.1) is 16.7 Å². The summed E-state index contributed by atoms with van der Waals surface area (Å²) >= 11 is 0. The Morgan fingerprint density at radius 2 is 1.18 bits per heavy atom. The Hall–Kier alpha value is -5.84. The Labute approximate surface area is 333 Å². The Kier molecular flexibility index (Phi) is 16.5. The van der Waals surface area contributed by atoms with Gasteiger partial charge in [-0.05, 0) is 120 Å². The second kappa shape index (κ2) is 21.5. The molecule has 16 nitrogen and oxygen atoms in total. The standard InChI is InChI=1S/C41H56N10O6/c1-7-50(8-2)21-11-19-42-37(53)29-23-30(38(54)43-20-12-22-51(9-3)10-4)25-32(24-29)45-39(55)28-13-16-33(17-14-28)49(6)48-36(27(5)52)40(56)44-31-15-18-34-35(26-31)47-41(57)46-34/h13-18,23-26,36,48H,7-12,19-22H2,1-6H3,(H,42,53)(H,43,54)(H,44,56)(H,45,55)(H2,46,47,57). The van der Waals surface area contributed by atoms with Crippen LogP contribution in [0.1, 0.15) is 78.5 Å². The lowest BCUT2D eigenvalue weighted by atomic mass is 10.1. The summed E-state index contributed by atoms with van der Waals surface area (Å²) in [5, 5.41) is 12.9. The van der Waals surface area contributed by atoms with E-state index in [-0.39, 0.29) is 34.3 Å². The van der Waals surface area contributed by atoms with Crippen LogP contribution in [0.4, 0.5) is 17.1 Å². The average molecular weight is 785 g/mol. The van der Waals surface area contributed by atoms with Crippen LogP contribution in [0.25, 0.3) is 11.0 Å². The first kappa shape index (κ1) is 43.9. The number of aromatic amines is 2. The summed E-state index contributed by atoms with van der Waals surface area (Å²) < 4.78 is 0. The van der Waals surface area contributed by atoms with Crippen molar-refractivity contribution in [2.75, 3.05) is 75.0 Å². The predicted molar refractivity (Wildman–Crippen MR) is 224 cm³/mol. The van der Waals surface area contributed by atoms with Gasteiger partial charge in [-0.25, -0.2) is 10.2 Å². The molecule has 1 heterocycles. The van der Waals surface area contributed by atoms with Crippen LogP contribution in [0.3, 0.4) is 0 Å². The highest BCUT2D eigenvalue weighted by molar-refractivity contribution is 6.10. The quantitative estimate of drug-likeness (QED) is 0.0351. The average Bonchev–Trinajstić information content (AvgIpc) is 3.58. The van der Waals surface area contributed by atoms with Crippen molar-refractivity contribution in [3.05, 3.63) is 87.8 Å². The second-order valence-electron chi connectivity index (χ2n) is 13.6. The van der Waals surface area contributed by atoms with E-state index >= 15 is 0 Å². The number of benzene rings is 3. The third-order valence-electron chi connectivity index (χ3n) is 9.67. The fourth-order valence-electron chi connectivity index (χ4n) is 6.22. The van der Waals surface area contributed by atoms with Crippen molar-refractivity contribution < 1.29 is 24.0 Å². The van der Waals surface area contributed by atoms with Crippen molar-refractivity contribution in [2.24, 2.45) is 0 Å². The number of nitrogens with one attached hydrogen (secondary N) is 7. The van der Waals surface area contributed by atoms with E-state index in [2.05, 4.69) is 74.2 Å². The summed E-state index contributed by atoms with van der Waals surface area (Å²) in [6, 6.07) is 14.7. The van der Waals surface area contributed by atoms with Crippen LogP contribution in [0, 0.1) is 0 Å². The summed E-state index contributed by atoms with van der Waals surface area (Å²) in [5.41, 5.74) is 5.62. The van der Waals surface area contributed by atoms with Crippen molar-refractivity contribution in [3.63, 3.8) is 0 Å². The number of carbonyl (C=O) groups excluding carboxylic acids is 5. The molecule has 4 aromatic rings. The molecular formula is C41H56N10O6. The maximum atomic E-state index is 13.5. The number of aromatic nitrogens is 2. The van der Waals surface area contributed by atoms with Crippen LogP contribution < -0.4 is 37.4 Å². The molecule has 1 unspecified atom stereocenters. The SMILES string of the molecule is CCN(CC)CCCNC(=O)c1cc(NC(=O)c2ccc(N(C)NC(C(C)=O)C(=O)Nc3ccc4[nH]c(=O)[nH]c4c3)cc2)cc(C(=O)NCCCN(CC)CC)c1. The molecule has 306 valence electrons. The lowest BCUT2D eigenvalue weighted by Gasteiger charge is -2.25. The molecule has 1 atom stereocenters. The molecule has 1 aromatic heterocycles. The first-order valence-corrected chi connectivity index (χ1v) is 19.5. The summed E-state index contributed by atoms with van der Waals surface area (Å²) in [5.74, 6) is -2.21. The van der Waals surface area contributed by atoms with E-state index in [0.717, 1.165) is 52.1 Å². The van der Waals surface area contributed by atoms with Crippen LogP contribution in [0.2, 0.25) is 0 Å². The van der Waals surface area contributed by atoms with E-state index in [1.54, 1.807) is 61.6 Å². The molecule has 0 fully saturated rings. The molecule has 3 aromatic carbocycles. The molecule has 0 saturated heterocycles. The first-order chi connectivity index (χ1) is 27.3. The van der Waals surface area contributed by atoms with Gasteiger partial charge in [-0.2, -0.15) is 0 Å². The Morgan fingerprint density at radius 1 is 0.632 bits per heavy atom. The molecule has 16 heteroatoms. The maximum Gasteiger partial charge on any atom is 0.323 e. The molecular weight excluding hydrogens is 729 g/mol. The molecule has 57 heavy (non-hydrogen) atoms. The van der Waals surface area contributed by atoms with Gasteiger partial charge in [0.25, 0.3) is 23.6 Å². The van der Waals surface area contributed by atoms with Crippen LogP contribution in [-0.4, -0.2) is 115 Å². The van der Waals surface area contributed by atoms with Gasteiger partial charge < -0.3 is 46.0 Å². The van der Waals surface area contributed by atoms with Crippen LogP contribution in [-0.2, 0) is 9.59 Å². The van der Waals surface area contributed by atoms with Gasteiger partial charge in [-0.1, -0.05) is 27.7 Å². The number of anilines is 3. The van der Waals surface area contributed by atoms with Crippen LogP contribution in [0.15, 0.2) is 65.5 Å². The Morgan fingerprint density at radius 3 is 1.70 bits per heavy atom. The predicted octanol–water partition coefficient (Wildman–Crippen LogP) is 3.57. The van der Waals surface area contributed by atoms with E-state index < -0.39 is 23.6 Å². The zero-order valence-corrected chi connectivity index (χ0v) is 33.7. The molecule has 0 spiro atoms. The number of H-pyrrole nitrogens is 2. The Balaban J connectivity index is 1.43. The smallest absolute Gasteiger partial charge is 0.323 e. The fraction of sp³-hybridized carbons (Fsp3) is 0.415. The van der Waals surface area contributed by atoms with E-state index in [0.29, 0.717) is 41.1 Å². The molecule has 0 radical (unpaired) electrons. The zero-order valence-electron chi connectivity index (χ0n) is 33.7. The second-order valence-corrected chi connectivity index (χ2v) is 13.6. The lowest BCUT2D eigenvalue weighted by molar-refractivity contribution is -0.127. The number of hydrazine groups is 1. The largest absolute Gasteiger partial charge is 0.352 e. The highest BCUT2D eigenvalue weighted by atomic mass is 16.2. The summed E-state index contributed by atoms with van der Waals surface area (Å²) in [6.45, 7) is 16.0. The summed E-state index contributed by atoms with van der Waals surface area (Å²) in [4.78, 5) is 87.1. The molecule has 0 bridgehead atoms. The molecule has 0 saturated carbocycles. The van der Waals surface area contributed by atoms with Crippen molar-refractivity contribution in [3.8, 4) is 0 Å². The van der Waals surface area contributed by atoms with Gasteiger partial charge in [-0.15, -0.1) is 0 Å². The molecule has 4 rings (SSSR count). The number of hydrogen-bond donors (Lipinski definition) is 7. The fourth-order valence-corrected chi connectivity index (χ4v) is 6.22. The van der Waals surface area contributed by atoms with Crippen molar-refractivity contribution in [1.29, 1.82) is 0 Å². The highest BCUT2D eigenvalue weighted by Gasteiger charge is 2.25. The third-order valence-corrected chi connectivity index (χ3v) is 9.67. The lowest BCUT2D eigenvalue weighted by Crippen LogP contribution is -2.52. The number of Topliss-reactive ketones (excluding diaryl/α,β-unsaturated/α-hetero) is 1. The monoisotopic (exact) mass is 784 g/mol. The summed E-state index contributed by atoms with van der Waals surface area (Å²) in [7, 11) is 1.63. The van der Waals surface area contributed by atoms with Gasteiger partial charge in [-0.3, -0.25) is 24.0 Å². The van der Waals surface area contributed by atoms with E-state index in [1.807, 2.05) is 0 Å². The number of rotatable bonds is 22. The van der Waals surface area contributed by atoms with Crippen LogP contribution in [0.5, 0.6) is 0 Å². The molecule has 0 aliphatic rings. The molecule has 4 amide bonds. The minimum Gasteiger partial charge on any atom is -0.352 e. The minimum atomic E-state index is -1.25. The van der Waals surface area contributed by atoms with E-state index in [9.17, 15) is 28.8 Å². The normalized spacial score (nSPS) is 11.7. The van der Waals surface area contributed by atoms with E-state index in [4.69, 9.17) is 0 Å². The molecule has 0 aliphatic heterocycles. The zero-order chi connectivity index (χ0) is 41.5. The number of carbonyl (C=O) groups is 5. The van der Waals surface area contributed by atoms with Crippen molar-refractivity contribution >= 4 is 57.5 Å². The first-order valence-electron chi connectivity index (χ1n) is 19.5. The van der Waals surface area contributed by atoms with Gasteiger partial charge in [0.15, 0.2) is 11.8 Å². The van der Waals surface area contributed by atoms with Gasteiger partial charge >= 0.3 is 5.69 Å². The number of amides is 4. The van der Waals surface area contributed by atoms with Crippen LogP contribution >= 0.6 is 0 Å². The number of fused-ring (bicyclic) bond motifs is 1. The summed E-state index contributed by atoms with van der Waals surface area (Å²) in [6.07, 6.45) is 1.53. The third kappa shape index (κ3) is 12.8.